The van der Waals surface area contributed by atoms with Crippen LogP contribution in [0, 0.1) is 28.9 Å². The fourth-order valence-corrected chi connectivity index (χ4v) is 5.52. The highest BCUT2D eigenvalue weighted by molar-refractivity contribution is 5.77. The van der Waals surface area contributed by atoms with Crippen molar-refractivity contribution in [1.29, 1.82) is 5.26 Å². The van der Waals surface area contributed by atoms with Crippen molar-refractivity contribution in [2.24, 2.45) is 5.92 Å². The summed E-state index contributed by atoms with van der Waals surface area (Å²) in [7, 11) is 0. The smallest absolute Gasteiger partial charge is 0.201 e. The fourth-order valence-electron chi connectivity index (χ4n) is 5.52. The van der Waals surface area contributed by atoms with Crippen molar-refractivity contribution in [1.82, 2.24) is 14.9 Å². The van der Waals surface area contributed by atoms with E-state index in [1.165, 1.54) is 24.9 Å². The van der Waals surface area contributed by atoms with Crippen LogP contribution < -0.4 is 5.32 Å². The van der Waals surface area contributed by atoms with Crippen LogP contribution >= 0.6 is 0 Å². The molecule has 3 aromatic carbocycles. The van der Waals surface area contributed by atoms with Crippen molar-refractivity contribution in [3.8, 4) is 17.2 Å². The topological polar surface area (TPSA) is 67.7 Å². The minimum Gasteiger partial charge on any atom is -0.355 e. The third-order valence-electron chi connectivity index (χ3n) is 7.97. The Morgan fingerprint density at radius 1 is 1.00 bits per heavy atom. The highest BCUT2D eigenvalue weighted by atomic mass is 19.2. The lowest BCUT2D eigenvalue weighted by Crippen LogP contribution is -2.46. The van der Waals surface area contributed by atoms with Crippen LogP contribution in [-0.4, -0.2) is 41.0 Å². The number of piperidine rings is 1. The zero-order chi connectivity index (χ0) is 25.4. The minimum atomic E-state index is -0.898. The van der Waals surface area contributed by atoms with Crippen LogP contribution in [0.2, 0.25) is 0 Å². The molecule has 0 radical (unpaired) electrons. The molecule has 1 aliphatic heterocycles. The van der Waals surface area contributed by atoms with Crippen molar-refractivity contribution in [2.75, 3.05) is 31.5 Å². The molecule has 0 bridgehead atoms. The van der Waals surface area contributed by atoms with Crippen LogP contribution in [0.25, 0.3) is 22.2 Å². The van der Waals surface area contributed by atoms with Gasteiger partial charge in [-0.1, -0.05) is 36.4 Å². The lowest BCUT2D eigenvalue weighted by molar-refractivity contribution is 0.159. The maximum atomic E-state index is 13.7. The van der Waals surface area contributed by atoms with Crippen molar-refractivity contribution in [3.63, 3.8) is 0 Å². The van der Waals surface area contributed by atoms with E-state index in [2.05, 4.69) is 50.5 Å². The molecule has 1 aliphatic carbocycles. The highest BCUT2D eigenvalue weighted by Gasteiger charge is 2.37. The van der Waals surface area contributed by atoms with Crippen molar-refractivity contribution in [2.45, 2.75) is 31.1 Å². The van der Waals surface area contributed by atoms with Crippen LogP contribution in [0.1, 0.15) is 36.8 Å². The average Bonchev–Trinajstić information content (AvgIpc) is 3.66. The Balaban J connectivity index is 1.25. The Hall–Kier alpha value is -3.76. The summed E-state index contributed by atoms with van der Waals surface area (Å²) < 4.78 is 27.4. The number of nitrogens with zero attached hydrogens (tertiary/aromatic N) is 3. The number of rotatable bonds is 7. The van der Waals surface area contributed by atoms with E-state index in [4.69, 9.17) is 0 Å². The number of H-pyrrole nitrogens is 1. The van der Waals surface area contributed by atoms with E-state index in [0.29, 0.717) is 29.1 Å². The summed E-state index contributed by atoms with van der Waals surface area (Å²) in [6, 6.07) is 20.8. The van der Waals surface area contributed by atoms with Crippen LogP contribution in [0.5, 0.6) is 0 Å². The van der Waals surface area contributed by atoms with Gasteiger partial charge in [0.2, 0.25) is 5.95 Å². The number of benzene rings is 3. The Morgan fingerprint density at radius 2 is 1.76 bits per heavy atom. The molecule has 2 heterocycles. The largest absolute Gasteiger partial charge is 0.355 e. The van der Waals surface area contributed by atoms with E-state index in [-0.39, 0.29) is 5.41 Å². The van der Waals surface area contributed by atoms with Gasteiger partial charge in [0, 0.05) is 30.6 Å². The third-order valence-corrected chi connectivity index (χ3v) is 7.97. The lowest BCUT2D eigenvalue weighted by atomic mass is 9.72. The van der Waals surface area contributed by atoms with E-state index >= 15 is 0 Å². The maximum absolute atomic E-state index is 13.7. The van der Waals surface area contributed by atoms with Gasteiger partial charge in [-0.05, 0) is 73.5 Å². The molecule has 6 rings (SSSR count). The number of hydrogen-bond donors (Lipinski definition) is 2. The number of halogens is 2. The molecule has 0 amide bonds. The van der Waals surface area contributed by atoms with E-state index in [9.17, 15) is 14.0 Å². The second-order valence-corrected chi connectivity index (χ2v) is 10.5. The van der Waals surface area contributed by atoms with E-state index in [0.717, 1.165) is 55.1 Å². The van der Waals surface area contributed by atoms with Crippen LogP contribution in [0.3, 0.4) is 0 Å². The molecule has 2 aliphatic rings. The fraction of sp³-hybridized carbons (Fsp3) is 0.333. The summed E-state index contributed by atoms with van der Waals surface area (Å²) in [4.78, 5) is 10.1. The summed E-state index contributed by atoms with van der Waals surface area (Å²) in [5.74, 6) is -0.400. The summed E-state index contributed by atoms with van der Waals surface area (Å²) in [6.07, 6.45) is 4.73. The molecule has 5 nitrogen and oxygen atoms in total. The molecule has 1 aromatic heterocycles. The summed E-state index contributed by atoms with van der Waals surface area (Å²) in [5.41, 5.74) is 4.80. The number of likely N-dealkylation sites (tertiary alicyclic amines) is 1. The SMILES string of the molecule is N#Cc1cccc(-c2ccc(C3(CNc4nc5cc(F)c(F)cc5[nH]4)CCN(CC4CC4)CC3)cc2)c1. The molecule has 2 fully saturated rings. The number of aromatic nitrogens is 2. The second-order valence-electron chi connectivity index (χ2n) is 10.5. The molecule has 0 atom stereocenters. The van der Waals surface area contributed by atoms with Gasteiger partial charge in [-0.2, -0.15) is 5.26 Å². The number of anilines is 1. The number of nitriles is 1. The summed E-state index contributed by atoms with van der Waals surface area (Å²) in [5, 5.41) is 12.7. The molecular formula is C30H29F2N5. The maximum Gasteiger partial charge on any atom is 0.201 e. The van der Waals surface area contributed by atoms with E-state index in [1.54, 1.807) is 0 Å². The first-order valence-corrected chi connectivity index (χ1v) is 12.9. The Labute approximate surface area is 215 Å². The van der Waals surface area contributed by atoms with Crippen molar-refractivity contribution >= 4 is 17.0 Å². The lowest BCUT2D eigenvalue weighted by Gasteiger charge is -2.42. The molecule has 1 saturated carbocycles. The molecule has 0 spiro atoms. The van der Waals surface area contributed by atoms with Crippen LogP contribution in [-0.2, 0) is 5.41 Å². The molecule has 7 heteroatoms. The molecule has 4 aromatic rings. The zero-order valence-corrected chi connectivity index (χ0v) is 20.6. The van der Waals surface area contributed by atoms with Crippen molar-refractivity contribution < 1.29 is 8.78 Å². The number of imidazole rings is 1. The number of aromatic amines is 1. The zero-order valence-electron chi connectivity index (χ0n) is 20.6. The van der Waals surface area contributed by atoms with Gasteiger partial charge in [-0.15, -0.1) is 0 Å². The van der Waals surface area contributed by atoms with Gasteiger partial charge in [0.1, 0.15) is 0 Å². The summed E-state index contributed by atoms with van der Waals surface area (Å²) >= 11 is 0. The first-order valence-electron chi connectivity index (χ1n) is 12.9. The van der Waals surface area contributed by atoms with Gasteiger partial charge < -0.3 is 15.2 Å². The van der Waals surface area contributed by atoms with Gasteiger partial charge in [0.15, 0.2) is 11.6 Å². The van der Waals surface area contributed by atoms with E-state index < -0.39 is 11.6 Å². The number of fused-ring (bicyclic) bond motifs is 1. The molecule has 37 heavy (non-hydrogen) atoms. The first-order chi connectivity index (χ1) is 18.0. The quantitative estimate of drug-likeness (QED) is 0.317. The van der Waals surface area contributed by atoms with Crippen molar-refractivity contribution in [3.05, 3.63) is 83.4 Å². The molecule has 0 unspecified atom stereocenters. The Kier molecular flexibility index (Phi) is 6.13. The van der Waals surface area contributed by atoms with Crippen LogP contribution in [0.4, 0.5) is 14.7 Å². The second kappa shape index (κ2) is 9.60. The standard InChI is InChI=1S/C30H29F2N5/c31-25-15-27-28(16-26(25)32)36-29(35-27)34-19-30(10-12-37(13-11-30)18-20-4-5-20)24-8-6-22(7-9-24)23-3-1-2-21(14-23)17-33/h1-3,6-9,14-16,20H,4-5,10-13,18-19H2,(H2,34,35,36). The van der Waals surface area contributed by atoms with Crippen LogP contribution in [0.15, 0.2) is 60.7 Å². The normalized spacial score (nSPS) is 17.5. The first kappa shape index (κ1) is 23.6. The third kappa shape index (κ3) is 4.94. The predicted octanol–water partition coefficient (Wildman–Crippen LogP) is 6.24. The Bertz CT molecular complexity index is 1420. The minimum absolute atomic E-state index is 0.0947. The van der Waals surface area contributed by atoms with E-state index in [1.807, 2.05) is 24.3 Å². The van der Waals surface area contributed by atoms with Gasteiger partial charge in [0.05, 0.1) is 22.7 Å². The molecule has 1 saturated heterocycles. The molecule has 188 valence electrons. The average molecular weight is 498 g/mol. The van der Waals surface area contributed by atoms with Gasteiger partial charge in [-0.3, -0.25) is 0 Å². The van der Waals surface area contributed by atoms with Gasteiger partial charge in [-0.25, -0.2) is 13.8 Å². The summed E-state index contributed by atoms with van der Waals surface area (Å²) in [6.45, 7) is 3.94. The Morgan fingerprint density at radius 3 is 2.49 bits per heavy atom. The number of nitrogens with one attached hydrogen (secondary N) is 2. The predicted molar refractivity (Wildman–Crippen MR) is 141 cm³/mol. The van der Waals surface area contributed by atoms with Gasteiger partial charge >= 0.3 is 0 Å². The monoisotopic (exact) mass is 497 g/mol. The number of hydrogen-bond acceptors (Lipinski definition) is 4. The molecular weight excluding hydrogens is 468 g/mol. The van der Waals surface area contributed by atoms with Gasteiger partial charge in [0.25, 0.3) is 0 Å². The molecule has 2 N–H and O–H groups in total. The highest BCUT2D eigenvalue weighted by Crippen LogP contribution is 2.39.